The summed E-state index contributed by atoms with van der Waals surface area (Å²) in [5.41, 5.74) is 0. The lowest BCUT2D eigenvalue weighted by atomic mass is 9.87. The highest BCUT2D eigenvalue weighted by Crippen LogP contribution is 2.26. The number of esters is 1. The van der Waals surface area contributed by atoms with E-state index in [1.165, 1.54) is 26.2 Å². The molecule has 1 aliphatic carbocycles. The van der Waals surface area contributed by atoms with Gasteiger partial charge in [-0.15, -0.1) is 0 Å². The average molecular weight is 324 g/mol. The molecule has 130 valence electrons. The number of amides is 2. The van der Waals surface area contributed by atoms with Gasteiger partial charge in [0, 0.05) is 39.3 Å². The first-order valence-corrected chi connectivity index (χ1v) is 8.76. The Labute approximate surface area is 137 Å². The molecule has 2 rings (SSSR count). The molecule has 2 amide bonds. The molecular formula is C17H28N2O4. The van der Waals surface area contributed by atoms with Gasteiger partial charge in [-0.2, -0.15) is 0 Å². The van der Waals surface area contributed by atoms with Crippen molar-refractivity contribution in [2.75, 3.05) is 19.6 Å². The fourth-order valence-electron chi connectivity index (χ4n) is 3.47. The molecule has 0 bridgehead atoms. The van der Waals surface area contributed by atoms with Gasteiger partial charge in [-0.1, -0.05) is 19.3 Å². The zero-order valence-electron chi connectivity index (χ0n) is 14.0. The third kappa shape index (κ3) is 6.20. The smallest absolute Gasteiger partial charge is 0.302 e. The number of ether oxygens (including phenoxy) is 1. The number of piperidine rings is 1. The molecule has 0 spiro atoms. The Morgan fingerprint density at radius 2 is 1.70 bits per heavy atom. The van der Waals surface area contributed by atoms with E-state index >= 15 is 0 Å². The van der Waals surface area contributed by atoms with E-state index in [0.717, 1.165) is 12.8 Å². The van der Waals surface area contributed by atoms with Crippen LogP contribution >= 0.6 is 0 Å². The number of hydrogen-bond acceptors (Lipinski definition) is 4. The van der Waals surface area contributed by atoms with E-state index in [0.29, 0.717) is 38.3 Å². The molecule has 6 heteroatoms. The van der Waals surface area contributed by atoms with Crippen LogP contribution in [0.4, 0.5) is 0 Å². The number of nitrogens with zero attached hydrogens (tertiary/aromatic N) is 1. The van der Waals surface area contributed by atoms with Gasteiger partial charge in [-0.3, -0.25) is 14.4 Å². The lowest BCUT2D eigenvalue weighted by molar-refractivity contribution is -0.149. The first-order valence-electron chi connectivity index (χ1n) is 8.76. The molecule has 1 aliphatic heterocycles. The number of nitrogens with one attached hydrogen (secondary N) is 1. The molecule has 2 fully saturated rings. The summed E-state index contributed by atoms with van der Waals surface area (Å²) in [5, 5.41) is 2.75. The molecule has 1 saturated heterocycles. The summed E-state index contributed by atoms with van der Waals surface area (Å²) in [7, 11) is 0. The van der Waals surface area contributed by atoms with Gasteiger partial charge in [0.25, 0.3) is 0 Å². The second kappa shape index (κ2) is 8.89. The first kappa shape index (κ1) is 17.8. The second-order valence-corrected chi connectivity index (χ2v) is 6.67. The molecule has 0 radical (unpaired) electrons. The summed E-state index contributed by atoms with van der Waals surface area (Å²) in [4.78, 5) is 36.7. The predicted molar refractivity (Wildman–Crippen MR) is 85.6 cm³/mol. The minimum atomic E-state index is -0.273. The minimum absolute atomic E-state index is 0.0138. The number of rotatable bonds is 5. The topological polar surface area (TPSA) is 75.7 Å². The quantitative estimate of drug-likeness (QED) is 0.780. The summed E-state index contributed by atoms with van der Waals surface area (Å²) in [6.45, 7) is 2.63. The molecule has 0 unspecified atom stereocenters. The van der Waals surface area contributed by atoms with Gasteiger partial charge in [0.1, 0.15) is 6.10 Å². The first-order chi connectivity index (χ1) is 11.0. The van der Waals surface area contributed by atoms with Crippen LogP contribution in [0.3, 0.4) is 0 Å². The van der Waals surface area contributed by atoms with Gasteiger partial charge in [0.15, 0.2) is 0 Å². The van der Waals surface area contributed by atoms with Crippen LogP contribution in [0.25, 0.3) is 0 Å². The number of hydrogen-bond donors (Lipinski definition) is 1. The lowest BCUT2D eigenvalue weighted by Gasteiger charge is -2.31. The van der Waals surface area contributed by atoms with Gasteiger partial charge in [-0.05, 0) is 18.8 Å². The normalized spacial score (nSPS) is 20.1. The summed E-state index contributed by atoms with van der Waals surface area (Å²) in [5.74, 6) is 0.145. The fourth-order valence-corrected chi connectivity index (χ4v) is 3.47. The van der Waals surface area contributed by atoms with Crippen molar-refractivity contribution < 1.29 is 19.1 Å². The van der Waals surface area contributed by atoms with Crippen LogP contribution in [0.2, 0.25) is 0 Å². The zero-order chi connectivity index (χ0) is 16.7. The Hall–Kier alpha value is -1.59. The fraction of sp³-hybridized carbons (Fsp3) is 0.824. The second-order valence-electron chi connectivity index (χ2n) is 6.67. The van der Waals surface area contributed by atoms with Crippen LogP contribution in [0.15, 0.2) is 0 Å². The maximum atomic E-state index is 12.1. The van der Waals surface area contributed by atoms with Crippen molar-refractivity contribution >= 4 is 17.8 Å². The van der Waals surface area contributed by atoms with Crippen molar-refractivity contribution in [1.82, 2.24) is 10.2 Å². The van der Waals surface area contributed by atoms with Crippen LogP contribution in [0, 0.1) is 5.92 Å². The molecular weight excluding hydrogens is 296 g/mol. The van der Waals surface area contributed by atoms with Crippen molar-refractivity contribution in [2.24, 2.45) is 5.92 Å². The molecule has 0 aromatic rings. The van der Waals surface area contributed by atoms with Gasteiger partial charge >= 0.3 is 5.97 Å². The summed E-state index contributed by atoms with van der Waals surface area (Å²) >= 11 is 0. The van der Waals surface area contributed by atoms with E-state index in [1.807, 2.05) is 0 Å². The molecule has 1 N–H and O–H groups in total. The Balaban J connectivity index is 1.63. The summed E-state index contributed by atoms with van der Waals surface area (Å²) in [6, 6.07) is 0. The van der Waals surface area contributed by atoms with Gasteiger partial charge in [0.05, 0.1) is 6.54 Å². The Morgan fingerprint density at radius 3 is 2.30 bits per heavy atom. The average Bonchev–Trinajstić information content (AvgIpc) is 2.54. The maximum Gasteiger partial charge on any atom is 0.302 e. The standard InChI is InChI=1S/C17H28N2O4/c1-13(20)23-15-7-9-19(10-8-15)17(22)12-18-16(21)11-14-5-3-2-4-6-14/h14-15H,2-12H2,1H3,(H,18,21). The van der Waals surface area contributed by atoms with E-state index in [1.54, 1.807) is 4.90 Å². The van der Waals surface area contributed by atoms with Crippen LogP contribution in [-0.2, 0) is 19.1 Å². The highest BCUT2D eigenvalue weighted by molar-refractivity contribution is 5.84. The zero-order valence-corrected chi connectivity index (χ0v) is 14.0. The minimum Gasteiger partial charge on any atom is -0.462 e. The summed E-state index contributed by atoms with van der Waals surface area (Å²) < 4.78 is 5.16. The Kier molecular flexibility index (Phi) is 6.86. The highest BCUT2D eigenvalue weighted by Gasteiger charge is 2.25. The van der Waals surface area contributed by atoms with Crippen LogP contribution < -0.4 is 5.32 Å². The highest BCUT2D eigenvalue weighted by atomic mass is 16.5. The molecule has 1 saturated carbocycles. The van der Waals surface area contributed by atoms with Crippen LogP contribution in [0.1, 0.15) is 58.3 Å². The number of likely N-dealkylation sites (tertiary alicyclic amines) is 1. The SMILES string of the molecule is CC(=O)OC1CCN(C(=O)CNC(=O)CC2CCCCC2)CC1. The maximum absolute atomic E-state index is 12.1. The van der Waals surface area contributed by atoms with E-state index in [4.69, 9.17) is 4.74 Å². The molecule has 0 aromatic heterocycles. The third-order valence-electron chi connectivity index (χ3n) is 4.76. The van der Waals surface area contributed by atoms with Crippen molar-refractivity contribution in [1.29, 1.82) is 0 Å². The van der Waals surface area contributed by atoms with E-state index in [9.17, 15) is 14.4 Å². The predicted octanol–water partition coefficient (Wildman–Crippen LogP) is 1.63. The van der Waals surface area contributed by atoms with Crippen molar-refractivity contribution in [3.05, 3.63) is 0 Å². The third-order valence-corrected chi connectivity index (χ3v) is 4.76. The van der Waals surface area contributed by atoms with E-state index in [-0.39, 0.29) is 30.4 Å². The Bertz CT molecular complexity index is 424. The van der Waals surface area contributed by atoms with E-state index < -0.39 is 0 Å². The van der Waals surface area contributed by atoms with Crippen molar-refractivity contribution in [3.8, 4) is 0 Å². The molecule has 2 aliphatic rings. The largest absolute Gasteiger partial charge is 0.462 e. The summed E-state index contributed by atoms with van der Waals surface area (Å²) in [6.07, 6.45) is 7.76. The number of carbonyl (C=O) groups is 3. The van der Waals surface area contributed by atoms with Gasteiger partial charge in [-0.25, -0.2) is 0 Å². The van der Waals surface area contributed by atoms with E-state index in [2.05, 4.69) is 5.32 Å². The monoisotopic (exact) mass is 324 g/mol. The molecule has 0 atom stereocenters. The van der Waals surface area contributed by atoms with Gasteiger partial charge < -0.3 is 15.0 Å². The molecule has 23 heavy (non-hydrogen) atoms. The van der Waals surface area contributed by atoms with Crippen LogP contribution in [0.5, 0.6) is 0 Å². The molecule has 1 heterocycles. The number of carbonyl (C=O) groups excluding carboxylic acids is 3. The molecule has 6 nitrogen and oxygen atoms in total. The Morgan fingerprint density at radius 1 is 1.04 bits per heavy atom. The van der Waals surface area contributed by atoms with Crippen molar-refractivity contribution in [2.45, 2.75) is 64.4 Å². The molecule has 0 aromatic carbocycles. The van der Waals surface area contributed by atoms with Crippen molar-refractivity contribution in [3.63, 3.8) is 0 Å². The van der Waals surface area contributed by atoms with Gasteiger partial charge in [0.2, 0.25) is 11.8 Å². The van der Waals surface area contributed by atoms with Crippen LogP contribution in [-0.4, -0.2) is 48.4 Å². The lowest BCUT2D eigenvalue weighted by Crippen LogP contribution is -2.45.